The third kappa shape index (κ3) is 2.15. The van der Waals surface area contributed by atoms with Crippen LogP contribution in [0.2, 0.25) is 0 Å². The number of Topliss-reactive ketones (excluding diaryl/α,β-unsaturated/α-hetero) is 1. The molecule has 1 aromatic rings. The fraction of sp³-hybridized carbons (Fsp3) is 0.583. The number of hydrogen-bond donors (Lipinski definition) is 1. The van der Waals surface area contributed by atoms with Crippen molar-refractivity contribution in [1.82, 2.24) is 9.55 Å². The van der Waals surface area contributed by atoms with Crippen LogP contribution in [0.15, 0.2) is 15.8 Å². The molecule has 0 saturated carbocycles. The Hall–Kier alpha value is -1.69. The zero-order valence-electron chi connectivity index (χ0n) is 10.6. The van der Waals surface area contributed by atoms with Gasteiger partial charge in [0.2, 0.25) is 0 Å². The Balaban J connectivity index is 2.35. The van der Waals surface area contributed by atoms with Crippen LogP contribution in [0.5, 0.6) is 0 Å². The van der Waals surface area contributed by atoms with Crippen molar-refractivity contribution in [3.63, 3.8) is 0 Å². The molecule has 1 saturated heterocycles. The van der Waals surface area contributed by atoms with Gasteiger partial charge in [-0.3, -0.25) is 19.1 Å². The van der Waals surface area contributed by atoms with Crippen LogP contribution >= 0.6 is 0 Å². The Morgan fingerprint density at radius 2 is 2.17 bits per heavy atom. The first-order valence-corrected chi connectivity index (χ1v) is 5.88. The zero-order valence-corrected chi connectivity index (χ0v) is 10.6. The van der Waals surface area contributed by atoms with Gasteiger partial charge in [0.25, 0.3) is 5.56 Å². The molecule has 2 heterocycles. The molecule has 1 unspecified atom stereocenters. The standard InChI is InChI=1S/C12H16N2O4/c1-6-4-9(18-10(6)8(3)15)14-5-7(2)11(16)13-12(14)17/h5-6,9-10H,4H2,1-3H3,(H,13,16,17)/t6?,9-,10+/m1/s1. The first-order chi connectivity index (χ1) is 8.40. The minimum Gasteiger partial charge on any atom is -0.347 e. The Morgan fingerprint density at radius 3 is 2.72 bits per heavy atom. The molecule has 0 aliphatic carbocycles. The van der Waals surface area contributed by atoms with Crippen molar-refractivity contribution >= 4 is 5.78 Å². The summed E-state index contributed by atoms with van der Waals surface area (Å²) in [5.41, 5.74) is -0.463. The summed E-state index contributed by atoms with van der Waals surface area (Å²) in [6, 6.07) is 0. The van der Waals surface area contributed by atoms with E-state index in [1.165, 1.54) is 17.7 Å². The molecular weight excluding hydrogens is 236 g/mol. The molecule has 0 radical (unpaired) electrons. The number of aromatic nitrogens is 2. The van der Waals surface area contributed by atoms with Gasteiger partial charge in [0.1, 0.15) is 12.3 Å². The molecule has 1 aliphatic heterocycles. The summed E-state index contributed by atoms with van der Waals surface area (Å²) in [5.74, 6) is 0.0193. The number of aryl methyl sites for hydroxylation is 1. The van der Waals surface area contributed by atoms with E-state index in [1.807, 2.05) is 6.92 Å². The molecule has 0 amide bonds. The number of ketones is 1. The minimum atomic E-state index is -0.507. The lowest BCUT2D eigenvalue weighted by molar-refractivity contribution is -0.131. The molecule has 6 heteroatoms. The lowest BCUT2D eigenvalue weighted by Gasteiger charge is -2.14. The van der Waals surface area contributed by atoms with Crippen molar-refractivity contribution in [2.45, 2.75) is 39.5 Å². The van der Waals surface area contributed by atoms with Crippen molar-refractivity contribution in [2.75, 3.05) is 0 Å². The molecule has 1 N–H and O–H groups in total. The van der Waals surface area contributed by atoms with E-state index in [9.17, 15) is 14.4 Å². The maximum atomic E-state index is 11.7. The van der Waals surface area contributed by atoms with E-state index >= 15 is 0 Å². The molecule has 0 spiro atoms. The molecule has 1 aromatic heterocycles. The lowest BCUT2D eigenvalue weighted by atomic mass is 10.0. The number of nitrogens with one attached hydrogen (secondary N) is 1. The molecule has 18 heavy (non-hydrogen) atoms. The number of carbonyl (C=O) groups excluding carboxylic acids is 1. The lowest BCUT2D eigenvalue weighted by Crippen LogP contribution is -2.33. The number of nitrogens with zero attached hydrogens (tertiary/aromatic N) is 1. The normalized spacial score (nSPS) is 27.4. The summed E-state index contributed by atoms with van der Waals surface area (Å²) >= 11 is 0. The highest BCUT2D eigenvalue weighted by Crippen LogP contribution is 2.32. The van der Waals surface area contributed by atoms with Gasteiger partial charge in [-0.2, -0.15) is 0 Å². The Morgan fingerprint density at radius 1 is 1.50 bits per heavy atom. The summed E-state index contributed by atoms with van der Waals surface area (Å²) in [6.45, 7) is 5.01. The predicted molar refractivity (Wildman–Crippen MR) is 64.4 cm³/mol. The molecule has 0 aromatic carbocycles. The summed E-state index contributed by atoms with van der Waals surface area (Å²) in [5, 5.41) is 0. The second-order valence-corrected chi connectivity index (χ2v) is 4.81. The number of H-pyrrole nitrogens is 1. The average Bonchev–Trinajstić information content (AvgIpc) is 2.65. The van der Waals surface area contributed by atoms with Gasteiger partial charge in [-0.1, -0.05) is 6.92 Å². The Labute approximate surface area is 104 Å². The SMILES string of the molecule is CC(=O)[C@H]1O[C@@H](n2cc(C)c(=O)[nH]c2=O)CC1C. The van der Waals surface area contributed by atoms with Crippen LogP contribution in [0.3, 0.4) is 0 Å². The monoisotopic (exact) mass is 252 g/mol. The van der Waals surface area contributed by atoms with Gasteiger partial charge in [-0.15, -0.1) is 0 Å². The number of aromatic amines is 1. The highest BCUT2D eigenvalue weighted by molar-refractivity contribution is 5.81. The molecule has 1 aliphatic rings. The van der Waals surface area contributed by atoms with Gasteiger partial charge in [0.15, 0.2) is 5.78 Å². The third-order valence-corrected chi connectivity index (χ3v) is 3.25. The number of carbonyl (C=O) groups is 1. The van der Waals surface area contributed by atoms with E-state index in [1.54, 1.807) is 6.92 Å². The maximum Gasteiger partial charge on any atom is 0.330 e. The Kier molecular flexibility index (Phi) is 3.21. The molecule has 0 bridgehead atoms. The van der Waals surface area contributed by atoms with Crippen LogP contribution in [0.25, 0.3) is 0 Å². The molecule has 98 valence electrons. The van der Waals surface area contributed by atoms with E-state index in [-0.39, 0.29) is 11.7 Å². The molecule has 6 nitrogen and oxygen atoms in total. The Bertz CT molecular complexity index is 586. The van der Waals surface area contributed by atoms with Crippen LogP contribution in [0.4, 0.5) is 0 Å². The minimum absolute atomic E-state index is 0.0424. The van der Waals surface area contributed by atoms with Gasteiger partial charge in [-0.25, -0.2) is 4.79 Å². The van der Waals surface area contributed by atoms with E-state index in [0.717, 1.165) is 0 Å². The van der Waals surface area contributed by atoms with Crippen molar-refractivity contribution in [1.29, 1.82) is 0 Å². The highest BCUT2D eigenvalue weighted by Gasteiger charge is 2.36. The fourth-order valence-corrected chi connectivity index (χ4v) is 2.28. The zero-order chi connectivity index (χ0) is 13.4. The van der Waals surface area contributed by atoms with Gasteiger partial charge in [0, 0.05) is 11.8 Å². The average molecular weight is 252 g/mol. The smallest absolute Gasteiger partial charge is 0.330 e. The van der Waals surface area contributed by atoms with Crippen molar-refractivity contribution in [3.8, 4) is 0 Å². The largest absolute Gasteiger partial charge is 0.347 e. The molecule has 1 fully saturated rings. The van der Waals surface area contributed by atoms with Crippen molar-refractivity contribution in [2.24, 2.45) is 5.92 Å². The number of rotatable bonds is 2. The number of ether oxygens (including phenoxy) is 1. The summed E-state index contributed by atoms with van der Waals surface area (Å²) in [4.78, 5) is 36.6. The summed E-state index contributed by atoms with van der Waals surface area (Å²) in [7, 11) is 0. The van der Waals surface area contributed by atoms with Gasteiger partial charge < -0.3 is 4.74 Å². The van der Waals surface area contributed by atoms with Crippen LogP contribution in [0.1, 0.15) is 32.1 Å². The molecule has 3 atom stereocenters. The fourth-order valence-electron chi connectivity index (χ4n) is 2.28. The van der Waals surface area contributed by atoms with E-state index in [0.29, 0.717) is 12.0 Å². The van der Waals surface area contributed by atoms with Crippen LogP contribution in [-0.4, -0.2) is 21.4 Å². The van der Waals surface area contributed by atoms with Gasteiger partial charge in [-0.05, 0) is 26.2 Å². The quantitative estimate of drug-likeness (QED) is 0.823. The van der Waals surface area contributed by atoms with E-state index in [4.69, 9.17) is 4.74 Å². The maximum absolute atomic E-state index is 11.7. The second-order valence-electron chi connectivity index (χ2n) is 4.81. The molecule has 2 rings (SSSR count). The number of hydrogen-bond acceptors (Lipinski definition) is 4. The van der Waals surface area contributed by atoms with E-state index in [2.05, 4.69) is 4.98 Å². The van der Waals surface area contributed by atoms with Crippen LogP contribution < -0.4 is 11.2 Å². The van der Waals surface area contributed by atoms with Gasteiger partial charge >= 0.3 is 5.69 Å². The highest BCUT2D eigenvalue weighted by atomic mass is 16.5. The van der Waals surface area contributed by atoms with E-state index < -0.39 is 23.6 Å². The summed E-state index contributed by atoms with van der Waals surface area (Å²) in [6.07, 6.45) is 1.09. The van der Waals surface area contributed by atoms with Crippen LogP contribution in [-0.2, 0) is 9.53 Å². The topological polar surface area (TPSA) is 81.2 Å². The molecular formula is C12H16N2O4. The van der Waals surface area contributed by atoms with Crippen molar-refractivity contribution in [3.05, 3.63) is 32.6 Å². The first kappa shape index (κ1) is 12.8. The summed E-state index contributed by atoms with van der Waals surface area (Å²) < 4.78 is 6.93. The third-order valence-electron chi connectivity index (χ3n) is 3.25. The van der Waals surface area contributed by atoms with Crippen molar-refractivity contribution < 1.29 is 9.53 Å². The predicted octanol–water partition coefficient (Wildman–Crippen LogP) is 0.358. The van der Waals surface area contributed by atoms with Gasteiger partial charge in [0.05, 0.1) is 0 Å². The first-order valence-electron chi connectivity index (χ1n) is 5.88. The second kappa shape index (κ2) is 4.53. The van der Waals surface area contributed by atoms with Crippen LogP contribution in [0, 0.1) is 12.8 Å².